The number of hydrogen-bond acceptors (Lipinski definition) is 5. The van der Waals surface area contributed by atoms with Crippen molar-refractivity contribution in [2.45, 2.75) is 38.6 Å². The Morgan fingerprint density at radius 3 is 2.82 bits per heavy atom. The van der Waals surface area contributed by atoms with Crippen molar-refractivity contribution in [3.05, 3.63) is 59.5 Å². The molecule has 0 amide bonds. The molecule has 1 aliphatic rings. The van der Waals surface area contributed by atoms with Gasteiger partial charge in [-0.25, -0.2) is 4.98 Å². The molecule has 1 saturated carbocycles. The van der Waals surface area contributed by atoms with Crippen LogP contribution in [0.2, 0.25) is 0 Å². The predicted octanol–water partition coefficient (Wildman–Crippen LogP) is 4.78. The molecule has 5 rings (SSSR count). The monoisotopic (exact) mass is 373 g/mol. The number of H-pyrrole nitrogens is 2. The molecule has 0 radical (unpaired) electrons. The van der Waals surface area contributed by atoms with Gasteiger partial charge in [-0.1, -0.05) is 6.07 Å². The molecule has 3 aromatic heterocycles. The van der Waals surface area contributed by atoms with Crippen molar-refractivity contribution in [3.8, 4) is 0 Å². The van der Waals surface area contributed by atoms with Crippen LogP contribution in [0.3, 0.4) is 0 Å². The van der Waals surface area contributed by atoms with E-state index in [4.69, 9.17) is 0 Å². The number of anilines is 3. The molecule has 0 aliphatic heterocycles. The lowest BCUT2D eigenvalue weighted by molar-refractivity contribution is 0.859. The molecule has 0 unspecified atom stereocenters. The molecule has 0 saturated heterocycles. The van der Waals surface area contributed by atoms with E-state index in [-0.39, 0.29) is 6.04 Å². The van der Waals surface area contributed by atoms with E-state index in [9.17, 15) is 0 Å². The van der Waals surface area contributed by atoms with Crippen molar-refractivity contribution in [2.75, 3.05) is 10.6 Å². The van der Waals surface area contributed by atoms with Gasteiger partial charge in [-0.05, 0) is 55.8 Å². The molecule has 1 fully saturated rings. The highest BCUT2D eigenvalue weighted by Crippen LogP contribution is 2.39. The molecular weight excluding hydrogens is 350 g/mol. The van der Waals surface area contributed by atoms with Crippen LogP contribution in [0.4, 0.5) is 17.6 Å². The molecule has 4 N–H and O–H groups in total. The van der Waals surface area contributed by atoms with Gasteiger partial charge in [0.05, 0.1) is 6.04 Å². The van der Waals surface area contributed by atoms with Gasteiger partial charge in [0, 0.05) is 41.2 Å². The largest absolute Gasteiger partial charge is 0.361 e. The van der Waals surface area contributed by atoms with Gasteiger partial charge in [0.1, 0.15) is 5.82 Å². The summed E-state index contributed by atoms with van der Waals surface area (Å²) in [5.74, 6) is 2.77. The maximum atomic E-state index is 4.62. The van der Waals surface area contributed by atoms with E-state index in [1.807, 2.05) is 19.2 Å². The van der Waals surface area contributed by atoms with E-state index >= 15 is 0 Å². The second-order valence-electron chi connectivity index (χ2n) is 7.52. The van der Waals surface area contributed by atoms with E-state index in [2.05, 4.69) is 73.0 Å². The second-order valence-corrected chi connectivity index (χ2v) is 7.52. The normalized spacial score (nSPS) is 14.9. The zero-order chi connectivity index (χ0) is 19.1. The minimum absolute atomic E-state index is 0.0841. The van der Waals surface area contributed by atoms with Gasteiger partial charge in [0.2, 0.25) is 5.95 Å². The Labute approximate surface area is 163 Å². The van der Waals surface area contributed by atoms with Gasteiger partial charge in [-0.3, -0.25) is 5.10 Å². The summed E-state index contributed by atoms with van der Waals surface area (Å²) in [5, 5.41) is 15.4. The number of nitrogens with zero attached hydrogens (tertiary/aromatic N) is 3. The van der Waals surface area contributed by atoms with Crippen LogP contribution in [0.25, 0.3) is 10.9 Å². The zero-order valence-corrected chi connectivity index (χ0v) is 16.0. The van der Waals surface area contributed by atoms with Crippen LogP contribution in [0.15, 0.2) is 42.6 Å². The van der Waals surface area contributed by atoms with E-state index < -0.39 is 0 Å². The lowest BCUT2D eigenvalue weighted by Gasteiger charge is -2.15. The van der Waals surface area contributed by atoms with Gasteiger partial charge < -0.3 is 15.6 Å². The van der Waals surface area contributed by atoms with Gasteiger partial charge in [0.15, 0.2) is 5.82 Å². The fourth-order valence-corrected chi connectivity index (χ4v) is 3.45. The molecule has 7 heteroatoms. The third-order valence-electron chi connectivity index (χ3n) is 5.15. The van der Waals surface area contributed by atoms with Crippen molar-refractivity contribution in [3.63, 3.8) is 0 Å². The summed E-state index contributed by atoms with van der Waals surface area (Å²) in [5.41, 5.74) is 4.42. The van der Waals surface area contributed by atoms with Crippen LogP contribution in [0.1, 0.15) is 48.7 Å². The lowest BCUT2D eigenvalue weighted by atomic mass is 10.1. The molecule has 4 aromatic rings. The first-order chi connectivity index (χ1) is 13.6. The third-order valence-corrected chi connectivity index (χ3v) is 5.15. The van der Waals surface area contributed by atoms with Crippen LogP contribution in [0, 0.1) is 6.92 Å². The Balaban J connectivity index is 1.34. The molecule has 1 aliphatic carbocycles. The van der Waals surface area contributed by atoms with Crippen molar-refractivity contribution >= 4 is 28.5 Å². The van der Waals surface area contributed by atoms with E-state index in [0.717, 1.165) is 22.8 Å². The first kappa shape index (κ1) is 16.8. The van der Waals surface area contributed by atoms with E-state index in [0.29, 0.717) is 11.9 Å². The summed E-state index contributed by atoms with van der Waals surface area (Å²) in [6, 6.07) is 12.6. The van der Waals surface area contributed by atoms with Crippen LogP contribution >= 0.6 is 0 Å². The number of aryl methyl sites for hydroxylation is 1. The SMILES string of the molecule is Cc1cc(Nc2cc(C3CC3)[nH]n2)nc(N[C@@H](C)c2ccc3[nH]ccc3c2)n1. The van der Waals surface area contributed by atoms with Crippen LogP contribution in [0.5, 0.6) is 0 Å². The first-order valence-corrected chi connectivity index (χ1v) is 9.65. The quantitative estimate of drug-likeness (QED) is 0.390. The fourth-order valence-electron chi connectivity index (χ4n) is 3.45. The Morgan fingerprint density at radius 1 is 1.07 bits per heavy atom. The van der Waals surface area contributed by atoms with Crippen LogP contribution < -0.4 is 10.6 Å². The third kappa shape index (κ3) is 3.43. The lowest BCUT2D eigenvalue weighted by Crippen LogP contribution is -2.11. The topological polar surface area (TPSA) is 94.3 Å². The summed E-state index contributed by atoms with van der Waals surface area (Å²) < 4.78 is 0. The number of aromatic nitrogens is 5. The smallest absolute Gasteiger partial charge is 0.225 e. The highest BCUT2D eigenvalue weighted by Gasteiger charge is 2.25. The summed E-state index contributed by atoms with van der Waals surface area (Å²) in [6.45, 7) is 4.08. The molecule has 7 nitrogen and oxygen atoms in total. The highest BCUT2D eigenvalue weighted by atomic mass is 15.2. The van der Waals surface area contributed by atoms with Gasteiger partial charge >= 0.3 is 0 Å². The molecule has 0 spiro atoms. The minimum atomic E-state index is 0.0841. The summed E-state index contributed by atoms with van der Waals surface area (Å²) >= 11 is 0. The van der Waals surface area contributed by atoms with Gasteiger partial charge in [0.25, 0.3) is 0 Å². The van der Waals surface area contributed by atoms with Crippen molar-refractivity contribution in [2.24, 2.45) is 0 Å². The number of nitrogens with one attached hydrogen (secondary N) is 4. The predicted molar refractivity (Wildman–Crippen MR) is 111 cm³/mol. The van der Waals surface area contributed by atoms with Gasteiger partial charge in [-0.15, -0.1) is 0 Å². The number of hydrogen-bond donors (Lipinski definition) is 4. The van der Waals surface area contributed by atoms with Crippen molar-refractivity contribution in [1.29, 1.82) is 0 Å². The van der Waals surface area contributed by atoms with E-state index in [1.54, 1.807) is 0 Å². The van der Waals surface area contributed by atoms with Gasteiger partial charge in [-0.2, -0.15) is 10.1 Å². The average Bonchev–Trinajstić information content (AvgIpc) is 3.23. The Kier molecular flexibility index (Phi) is 4.00. The van der Waals surface area contributed by atoms with Crippen molar-refractivity contribution < 1.29 is 0 Å². The second kappa shape index (κ2) is 6.67. The van der Waals surface area contributed by atoms with Crippen molar-refractivity contribution in [1.82, 2.24) is 25.1 Å². The molecule has 142 valence electrons. The average molecular weight is 373 g/mol. The molecule has 1 aromatic carbocycles. The van der Waals surface area contributed by atoms with Crippen LogP contribution in [-0.2, 0) is 0 Å². The number of fused-ring (bicyclic) bond motifs is 1. The summed E-state index contributed by atoms with van der Waals surface area (Å²) in [7, 11) is 0. The summed E-state index contributed by atoms with van der Waals surface area (Å²) in [4.78, 5) is 12.4. The van der Waals surface area contributed by atoms with E-state index in [1.165, 1.54) is 29.5 Å². The van der Waals surface area contributed by atoms with Crippen LogP contribution in [-0.4, -0.2) is 25.1 Å². The standard InChI is InChI=1S/C21H23N7/c1-12-9-19(25-20-11-18(27-28-20)14-3-4-14)26-21(23-12)24-13(2)15-5-6-17-16(10-15)7-8-22-17/h5-11,13-14,22H,3-4H2,1-2H3,(H3,23,24,25,26,27,28)/t13-/m0/s1. The molecule has 0 bridgehead atoms. The molecule has 3 heterocycles. The molecular formula is C21H23N7. The zero-order valence-electron chi connectivity index (χ0n) is 16.0. The molecule has 28 heavy (non-hydrogen) atoms. The number of aromatic amines is 2. The molecule has 1 atom stereocenters. The minimum Gasteiger partial charge on any atom is -0.361 e. The Bertz CT molecular complexity index is 1120. The maximum absolute atomic E-state index is 4.62. The maximum Gasteiger partial charge on any atom is 0.225 e. The highest BCUT2D eigenvalue weighted by molar-refractivity contribution is 5.80. The Morgan fingerprint density at radius 2 is 1.96 bits per heavy atom. The summed E-state index contributed by atoms with van der Waals surface area (Å²) in [6.07, 6.45) is 4.45. The number of benzene rings is 1. The first-order valence-electron chi connectivity index (χ1n) is 9.65. The fraction of sp³-hybridized carbons (Fsp3) is 0.286. The number of rotatable bonds is 6. The Hall–Kier alpha value is -3.35.